The smallest absolute Gasteiger partial charge is 0.456 e. The van der Waals surface area contributed by atoms with Crippen LogP contribution in [0.2, 0.25) is 0 Å². The van der Waals surface area contributed by atoms with Gasteiger partial charge in [-0.25, -0.2) is 4.57 Å². The molecular formula is C71H128N2O7P+. The Bertz CT molecular complexity index is 1710. The van der Waals surface area contributed by atoms with Crippen molar-refractivity contribution in [1.82, 2.24) is 5.32 Å². The first-order chi connectivity index (χ1) is 39.4. The number of hydrogen-bond acceptors (Lipinski definition) is 6. The van der Waals surface area contributed by atoms with Gasteiger partial charge in [-0.15, -0.1) is 0 Å². The Balaban J connectivity index is 5.28. The molecule has 0 heterocycles. The highest BCUT2D eigenvalue weighted by atomic mass is 31.2. The van der Waals surface area contributed by atoms with Gasteiger partial charge >= 0.3 is 13.8 Å². The van der Waals surface area contributed by atoms with Crippen LogP contribution in [0, 0.1) is 0 Å². The van der Waals surface area contributed by atoms with Gasteiger partial charge in [0.05, 0.1) is 33.8 Å². The normalized spacial score (nSPS) is 14.2. The monoisotopic (exact) mass is 1150 g/mol. The van der Waals surface area contributed by atoms with Gasteiger partial charge in [0.15, 0.2) is 0 Å². The van der Waals surface area contributed by atoms with Gasteiger partial charge in [-0.3, -0.25) is 18.6 Å². The quantitative estimate of drug-likeness (QED) is 0.0205. The van der Waals surface area contributed by atoms with Crippen LogP contribution in [0.3, 0.4) is 0 Å². The van der Waals surface area contributed by atoms with Crippen LogP contribution in [0.15, 0.2) is 97.2 Å². The number of phosphoric acid groups is 1. The van der Waals surface area contributed by atoms with E-state index < -0.39 is 20.0 Å². The first kappa shape index (κ1) is 77.9. The van der Waals surface area contributed by atoms with E-state index in [1.165, 1.54) is 161 Å². The molecule has 0 fully saturated rings. The molecular weight excluding hydrogens is 1020 g/mol. The summed E-state index contributed by atoms with van der Waals surface area (Å²) >= 11 is 0. The van der Waals surface area contributed by atoms with Crippen molar-refractivity contribution in [3.8, 4) is 0 Å². The van der Waals surface area contributed by atoms with E-state index >= 15 is 0 Å². The molecule has 0 aliphatic heterocycles. The summed E-state index contributed by atoms with van der Waals surface area (Å²) in [5.74, 6) is -0.554. The second-order valence-electron chi connectivity index (χ2n) is 23.6. The zero-order chi connectivity index (χ0) is 59.3. The number of carbonyl (C=O) groups excluding carboxylic acids is 2. The molecule has 3 unspecified atom stereocenters. The number of allylic oxidation sites excluding steroid dienone is 15. The average Bonchev–Trinajstić information content (AvgIpc) is 3.44. The van der Waals surface area contributed by atoms with Crippen molar-refractivity contribution in [2.75, 3.05) is 40.9 Å². The van der Waals surface area contributed by atoms with Crippen LogP contribution in [-0.4, -0.2) is 74.3 Å². The lowest BCUT2D eigenvalue weighted by atomic mass is 10.0. The number of carbonyl (C=O) groups is 2. The van der Waals surface area contributed by atoms with E-state index in [9.17, 15) is 19.0 Å². The highest BCUT2D eigenvalue weighted by molar-refractivity contribution is 7.47. The first-order valence-corrected chi connectivity index (χ1v) is 35.1. The minimum Gasteiger partial charge on any atom is -0.456 e. The first-order valence-electron chi connectivity index (χ1n) is 33.6. The zero-order valence-corrected chi connectivity index (χ0v) is 54.4. The van der Waals surface area contributed by atoms with E-state index in [1.807, 2.05) is 33.3 Å². The van der Waals surface area contributed by atoms with E-state index in [0.717, 1.165) is 89.9 Å². The Morgan fingerprint density at radius 3 is 1.21 bits per heavy atom. The summed E-state index contributed by atoms with van der Waals surface area (Å²) < 4.78 is 30.7. The molecule has 468 valence electrons. The number of hydrogen-bond donors (Lipinski definition) is 2. The van der Waals surface area contributed by atoms with Crippen LogP contribution in [0.4, 0.5) is 0 Å². The molecule has 0 aliphatic rings. The third-order valence-electron chi connectivity index (χ3n) is 14.5. The number of rotatable bonds is 60. The van der Waals surface area contributed by atoms with Crippen molar-refractivity contribution in [1.29, 1.82) is 0 Å². The molecule has 81 heavy (non-hydrogen) atoms. The minimum atomic E-state index is -4.47. The standard InChI is InChI=1S/C71H127N2O7P/c1-7-10-13-16-19-22-25-28-30-32-34-36-38-40-42-45-48-51-54-57-60-63-70(74)72-68(67-79-81(76,77)78-66-65-73(4,5)6)69(62-59-56-53-50-47-44-27-24-21-18-15-12-9-3)80-71(75)64-61-58-55-52-49-46-43-41-39-37-35-33-31-29-26-23-20-17-14-11-8-2/h11,14,20,23,28-31,35,37,41,43,49,52,59,62,68-69H,7-10,12-13,15-19,21-22,24-27,32-34,36,38-40,42,44-48,50-51,53-58,60-61,63-67H2,1-6H3,(H-,72,74,76,77)/p+1/b14-11-,23-20-,30-28+,31-29-,37-35-,43-41-,52-49-,62-59+. The summed E-state index contributed by atoms with van der Waals surface area (Å²) in [4.78, 5) is 37.8. The number of likely N-dealkylation sites (N-methyl/N-ethyl adjacent to an activating group) is 1. The third kappa shape index (κ3) is 61.3. The van der Waals surface area contributed by atoms with Gasteiger partial charge in [-0.05, 0) is 109 Å². The van der Waals surface area contributed by atoms with Gasteiger partial charge < -0.3 is 19.4 Å². The summed E-state index contributed by atoms with van der Waals surface area (Å²) in [5.41, 5.74) is 0. The van der Waals surface area contributed by atoms with E-state index in [4.69, 9.17) is 13.8 Å². The molecule has 0 aromatic rings. The molecule has 0 rings (SSSR count). The molecule has 0 aromatic heterocycles. The summed E-state index contributed by atoms with van der Waals surface area (Å²) in [6.45, 7) is 6.88. The number of nitrogens with zero attached hydrogens (tertiary/aromatic N) is 1. The number of esters is 1. The van der Waals surface area contributed by atoms with Crippen molar-refractivity contribution >= 4 is 19.7 Å². The predicted octanol–water partition coefficient (Wildman–Crippen LogP) is 21.1. The second-order valence-corrected chi connectivity index (χ2v) is 25.1. The van der Waals surface area contributed by atoms with Gasteiger partial charge in [0, 0.05) is 12.8 Å². The van der Waals surface area contributed by atoms with Crippen molar-refractivity contribution in [2.24, 2.45) is 0 Å². The summed E-state index contributed by atoms with van der Waals surface area (Å²) in [6.07, 6.45) is 81.3. The minimum absolute atomic E-state index is 0.0294. The summed E-state index contributed by atoms with van der Waals surface area (Å²) in [6, 6.07) is -0.872. The summed E-state index contributed by atoms with van der Waals surface area (Å²) in [7, 11) is 1.47. The molecule has 0 bridgehead atoms. The Morgan fingerprint density at radius 1 is 0.444 bits per heavy atom. The van der Waals surface area contributed by atoms with Crippen molar-refractivity contribution < 1.29 is 37.3 Å². The molecule has 0 aliphatic carbocycles. The van der Waals surface area contributed by atoms with Crippen molar-refractivity contribution in [3.63, 3.8) is 0 Å². The Labute approximate surface area is 500 Å². The molecule has 0 spiro atoms. The third-order valence-corrected chi connectivity index (χ3v) is 15.5. The van der Waals surface area contributed by atoms with Gasteiger partial charge in [0.25, 0.3) is 0 Å². The fourth-order valence-corrected chi connectivity index (χ4v) is 10.1. The van der Waals surface area contributed by atoms with Gasteiger partial charge in [-0.1, -0.05) is 266 Å². The number of unbranched alkanes of at least 4 members (excludes halogenated alkanes) is 30. The lowest BCUT2D eigenvalue weighted by Gasteiger charge is -2.27. The van der Waals surface area contributed by atoms with Crippen LogP contribution in [0.5, 0.6) is 0 Å². The average molecular weight is 1150 g/mol. The van der Waals surface area contributed by atoms with Gasteiger partial charge in [0.2, 0.25) is 5.91 Å². The second kappa shape index (κ2) is 60.1. The molecule has 2 N–H and O–H groups in total. The lowest BCUT2D eigenvalue weighted by molar-refractivity contribution is -0.870. The SMILES string of the molecule is CC/C=C\C/C=C\C/C=C\C/C=C\C/C=C\C/C=C\CCCCC(=O)OC(/C=C/CCCCCCCCCCCCC)C(COP(=O)(O)OCC[N+](C)(C)C)NC(=O)CCCCCCCCCCCCC/C=C/CCCCCCCC. The molecule has 9 nitrogen and oxygen atoms in total. The fraction of sp³-hybridized carbons (Fsp3) is 0.746. The lowest BCUT2D eigenvalue weighted by Crippen LogP contribution is -2.47. The predicted molar refractivity (Wildman–Crippen MR) is 350 cm³/mol. The van der Waals surface area contributed by atoms with E-state index in [0.29, 0.717) is 23.9 Å². The maximum Gasteiger partial charge on any atom is 0.472 e. The zero-order valence-electron chi connectivity index (χ0n) is 53.5. The fourth-order valence-electron chi connectivity index (χ4n) is 9.35. The molecule has 0 saturated heterocycles. The number of quaternary nitrogens is 1. The van der Waals surface area contributed by atoms with Gasteiger partial charge in [0.1, 0.15) is 19.3 Å². The Hall–Kier alpha value is -3.07. The van der Waals surface area contributed by atoms with E-state index in [2.05, 4.69) is 111 Å². The van der Waals surface area contributed by atoms with Crippen LogP contribution < -0.4 is 5.32 Å². The van der Waals surface area contributed by atoms with Crippen LogP contribution in [0.1, 0.15) is 290 Å². The van der Waals surface area contributed by atoms with Crippen LogP contribution in [0.25, 0.3) is 0 Å². The summed E-state index contributed by atoms with van der Waals surface area (Å²) in [5, 5.41) is 3.05. The molecule has 0 aromatic carbocycles. The van der Waals surface area contributed by atoms with Crippen LogP contribution in [-0.2, 0) is 27.9 Å². The maximum absolute atomic E-state index is 13.6. The molecule has 3 atom stereocenters. The molecule has 0 radical (unpaired) electrons. The largest absolute Gasteiger partial charge is 0.472 e. The van der Waals surface area contributed by atoms with Crippen LogP contribution >= 0.6 is 7.82 Å². The molecule has 0 saturated carbocycles. The van der Waals surface area contributed by atoms with E-state index in [-0.39, 0.29) is 31.5 Å². The van der Waals surface area contributed by atoms with E-state index in [1.54, 1.807) is 0 Å². The molecule has 10 heteroatoms. The van der Waals surface area contributed by atoms with Crippen molar-refractivity contribution in [2.45, 2.75) is 303 Å². The topological polar surface area (TPSA) is 111 Å². The molecule has 1 amide bonds. The maximum atomic E-state index is 13.6. The Kier molecular flexibility index (Phi) is 57.8. The highest BCUT2D eigenvalue weighted by Crippen LogP contribution is 2.43. The number of ether oxygens (including phenoxy) is 1. The number of amides is 1. The number of phosphoric ester groups is 1. The highest BCUT2D eigenvalue weighted by Gasteiger charge is 2.30. The van der Waals surface area contributed by atoms with Gasteiger partial charge in [-0.2, -0.15) is 0 Å². The van der Waals surface area contributed by atoms with Crippen molar-refractivity contribution in [3.05, 3.63) is 97.2 Å². The number of nitrogens with one attached hydrogen (secondary N) is 1. The Morgan fingerprint density at radius 2 is 0.790 bits per heavy atom.